The predicted octanol–water partition coefficient (Wildman–Crippen LogP) is 4.20. The first kappa shape index (κ1) is 15.5. The van der Waals surface area contributed by atoms with Crippen molar-refractivity contribution in [1.29, 1.82) is 0 Å². The largest absolute Gasteiger partial charge is 0.321 e. The number of nitrogens with one attached hydrogen (secondary N) is 1. The quantitative estimate of drug-likeness (QED) is 0.512. The van der Waals surface area contributed by atoms with Crippen LogP contribution in [0.15, 0.2) is 30.3 Å². The zero-order valence-corrected chi connectivity index (χ0v) is 12.4. The van der Waals surface area contributed by atoms with Crippen LogP contribution >= 0.6 is 34.8 Å². The maximum Gasteiger partial charge on any atom is 0.271 e. The fraction of sp³-hybridized carbons (Fsp3) is 0. The third-order valence-electron chi connectivity index (χ3n) is 2.44. The van der Waals surface area contributed by atoms with Gasteiger partial charge in [0.15, 0.2) is 0 Å². The normalized spacial score (nSPS) is 10.2. The lowest BCUT2D eigenvalue weighted by Gasteiger charge is -2.07. The third kappa shape index (κ3) is 3.81. The molecule has 1 amide bonds. The summed E-state index contributed by atoms with van der Waals surface area (Å²) in [6.45, 7) is 0. The van der Waals surface area contributed by atoms with Crippen molar-refractivity contribution in [2.75, 3.05) is 5.32 Å². The van der Waals surface area contributed by atoms with E-state index in [0.29, 0.717) is 0 Å². The summed E-state index contributed by atoms with van der Waals surface area (Å²) in [5.41, 5.74) is 0.249. The van der Waals surface area contributed by atoms with E-state index in [1.54, 1.807) is 0 Å². The zero-order chi connectivity index (χ0) is 15.6. The minimum Gasteiger partial charge on any atom is -0.321 e. The van der Waals surface area contributed by atoms with E-state index >= 15 is 0 Å². The Morgan fingerprint density at radius 1 is 1.14 bits per heavy atom. The number of benzene rings is 1. The van der Waals surface area contributed by atoms with Gasteiger partial charge < -0.3 is 5.32 Å². The van der Waals surface area contributed by atoms with E-state index in [1.165, 1.54) is 24.3 Å². The fourth-order valence-corrected chi connectivity index (χ4v) is 2.19. The summed E-state index contributed by atoms with van der Waals surface area (Å²) in [5, 5.41) is 13.3. The first-order chi connectivity index (χ1) is 9.86. The highest BCUT2D eigenvalue weighted by molar-refractivity contribution is 6.34. The van der Waals surface area contributed by atoms with Crippen LogP contribution in [0.3, 0.4) is 0 Å². The standard InChI is InChI=1S/C12H6Cl3N3O3/c13-8-5-7(18(20)21)1-2-9(8)16-12(19)6-3-10(14)17-11(15)4-6/h1-5H,(H,16,19). The number of nitro benzene ring substituents is 1. The van der Waals surface area contributed by atoms with Gasteiger partial charge in [0.25, 0.3) is 11.6 Å². The number of anilines is 1. The molecule has 0 radical (unpaired) electrons. The molecule has 0 unspecified atom stereocenters. The lowest BCUT2D eigenvalue weighted by Crippen LogP contribution is -2.12. The van der Waals surface area contributed by atoms with Gasteiger partial charge in [-0.2, -0.15) is 0 Å². The number of carbonyl (C=O) groups excluding carboxylic acids is 1. The van der Waals surface area contributed by atoms with Crippen LogP contribution in [0.5, 0.6) is 0 Å². The summed E-state index contributed by atoms with van der Waals surface area (Å²) in [6, 6.07) is 6.38. The van der Waals surface area contributed by atoms with Gasteiger partial charge in [0, 0.05) is 17.7 Å². The molecule has 0 atom stereocenters. The summed E-state index contributed by atoms with van der Waals surface area (Å²) < 4.78 is 0. The minimum absolute atomic E-state index is 0.0452. The topological polar surface area (TPSA) is 85.1 Å². The minimum atomic E-state index is -0.583. The smallest absolute Gasteiger partial charge is 0.271 e. The van der Waals surface area contributed by atoms with Gasteiger partial charge >= 0.3 is 0 Å². The molecule has 0 aliphatic rings. The van der Waals surface area contributed by atoms with Gasteiger partial charge in [0.1, 0.15) is 10.3 Å². The van der Waals surface area contributed by atoms with E-state index in [1.807, 2.05) is 0 Å². The van der Waals surface area contributed by atoms with E-state index in [0.717, 1.165) is 6.07 Å². The van der Waals surface area contributed by atoms with Crippen molar-refractivity contribution in [3.8, 4) is 0 Å². The molecule has 1 aromatic heterocycles. The molecule has 2 aromatic rings. The molecule has 0 bridgehead atoms. The van der Waals surface area contributed by atoms with Gasteiger partial charge in [-0.1, -0.05) is 34.8 Å². The number of nitro groups is 1. The van der Waals surface area contributed by atoms with E-state index in [4.69, 9.17) is 34.8 Å². The SMILES string of the molecule is O=C(Nc1ccc([N+](=O)[O-])cc1Cl)c1cc(Cl)nc(Cl)c1. The number of pyridine rings is 1. The molecule has 0 saturated carbocycles. The lowest BCUT2D eigenvalue weighted by molar-refractivity contribution is -0.384. The van der Waals surface area contributed by atoms with Crippen LogP contribution in [0.4, 0.5) is 11.4 Å². The van der Waals surface area contributed by atoms with Crippen molar-refractivity contribution >= 4 is 52.1 Å². The zero-order valence-electron chi connectivity index (χ0n) is 10.1. The highest BCUT2D eigenvalue weighted by Crippen LogP contribution is 2.27. The summed E-state index contributed by atoms with van der Waals surface area (Å²) in [5.74, 6) is -0.517. The highest BCUT2D eigenvalue weighted by atomic mass is 35.5. The van der Waals surface area contributed by atoms with Crippen LogP contribution in [-0.2, 0) is 0 Å². The molecule has 9 heteroatoms. The van der Waals surface area contributed by atoms with Crippen LogP contribution in [0.2, 0.25) is 15.3 Å². The first-order valence-corrected chi connectivity index (χ1v) is 6.58. The second kappa shape index (κ2) is 6.26. The number of non-ortho nitro benzene ring substituents is 1. The number of hydrogen-bond acceptors (Lipinski definition) is 4. The second-order valence-electron chi connectivity index (χ2n) is 3.88. The van der Waals surface area contributed by atoms with Gasteiger partial charge in [-0.3, -0.25) is 14.9 Å². The molecule has 0 aliphatic carbocycles. The molecule has 0 fully saturated rings. The molecule has 6 nitrogen and oxygen atoms in total. The Morgan fingerprint density at radius 2 is 1.76 bits per heavy atom. The molecule has 1 aromatic carbocycles. The molecule has 0 spiro atoms. The highest BCUT2D eigenvalue weighted by Gasteiger charge is 2.13. The second-order valence-corrected chi connectivity index (χ2v) is 5.06. The van der Waals surface area contributed by atoms with Gasteiger partial charge in [0.2, 0.25) is 0 Å². The van der Waals surface area contributed by atoms with Crippen LogP contribution in [-0.4, -0.2) is 15.8 Å². The number of rotatable bonds is 3. The fourth-order valence-electron chi connectivity index (χ4n) is 1.51. The Hall–Kier alpha value is -1.89. The molecule has 0 aliphatic heterocycles. The number of halogens is 3. The summed E-state index contributed by atoms with van der Waals surface area (Å²) in [4.78, 5) is 25.8. The number of nitrogens with zero attached hydrogens (tertiary/aromatic N) is 2. The van der Waals surface area contributed by atoms with Gasteiger partial charge in [0.05, 0.1) is 15.6 Å². The Balaban J connectivity index is 2.25. The molecular formula is C12H6Cl3N3O3. The van der Waals surface area contributed by atoms with E-state index in [2.05, 4.69) is 10.3 Å². The summed E-state index contributed by atoms with van der Waals surface area (Å²) >= 11 is 17.3. The molecule has 1 heterocycles. The third-order valence-corrected chi connectivity index (χ3v) is 3.14. The average molecular weight is 347 g/mol. The van der Waals surface area contributed by atoms with Crippen molar-refractivity contribution < 1.29 is 9.72 Å². The van der Waals surface area contributed by atoms with Crippen LogP contribution in [0.1, 0.15) is 10.4 Å². The number of amides is 1. The molecule has 108 valence electrons. The predicted molar refractivity (Wildman–Crippen MR) is 80.3 cm³/mol. The van der Waals surface area contributed by atoms with Crippen molar-refractivity contribution in [2.45, 2.75) is 0 Å². The maximum absolute atomic E-state index is 12.0. The molecule has 1 N–H and O–H groups in total. The van der Waals surface area contributed by atoms with E-state index < -0.39 is 10.8 Å². The Bertz CT molecular complexity index is 717. The number of carbonyl (C=O) groups is 1. The van der Waals surface area contributed by atoms with Crippen LogP contribution in [0.25, 0.3) is 0 Å². The number of aromatic nitrogens is 1. The van der Waals surface area contributed by atoms with Crippen molar-refractivity contribution in [3.05, 3.63) is 61.3 Å². The average Bonchev–Trinajstić information content (AvgIpc) is 2.39. The van der Waals surface area contributed by atoms with E-state index in [9.17, 15) is 14.9 Å². The molecule has 21 heavy (non-hydrogen) atoms. The Kier molecular flexibility index (Phi) is 4.62. The van der Waals surface area contributed by atoms with Crippen LogP contribution in [0, 0.1) is 10.1 Å². The molecule has 0 saturated heterocycles. The van der Waals surface area contributed by atoms with Crippen molar-refractivity contribution in [1.82, 2.24) is 4.98 Å². The van der Waals surface area contributed by atoms with Crippen molar-refractivity contribution in [3.63, 3.8) is 0 Å². The summed E-state index contributed by atoms with van der Waals surface area (Å²) in [7, 11) is 0. The Labute approximate surface area is 133 Å². The van der Waals surface area contributed by atoms with E-state index in [-0.39, 0.29) is 32.3 Å². The monoisotopic (exact) mass is 345 g/mol. The maximum atomic E-state index is 12.0. The van der Waals surface area contributed by atoms with Gasteiger partial charge in [-0.15, -0.1) is 0 Å². The first-order valence-electron chi connectivity index (χ1n) is 5.45. The van der Waals surface area contributed by atoms with Gasteiger partial charge in [-0.25, -0.2) is 4.98 Å². The Morgan fingerprint density at radius 3 is 2.29 bits per heavy atom. The molecular weight excluding hydrogens is 341 g/mol. The summed E-state index contributed by atoms with van der Waals surface area (Å²) in [6.07, 6.45) is 0. The lowest BCUT2D eigenvalue weighted by atomic mass is 10.2. The van der Waals surface area contributed by atoms with Crippen molar-refractivity contribution in [2.24, 2.45) is 0 Å². The van der Waals surface area contributed by atoms with Crippen LogP contribution < -0.4 is 5.32 Å². The number of hydrogen-bond donors (Lipinski definition) is 1. The van der Waals surface area contributed by atoms with Gasteiger partial charge in [-0.05, 0) is 18.2 Å². The molecule has 2 rings (SSSR count).